The van der Waals surface area contributed by atoms with Gasteiger partial charge >= 0.3 is 0 Å². The fourth-order valence-electron chi connectivity index (χ4n) is 3.37. The van der Waals surface area contributed by atoms with Gasteiger partial charge in [0.2, 0.25) is 17.7 Å². The van der Waals surface area contributed by atoms with Gasteiger partial charge in [-0.05, 0) is 44.9 Å². The second kappa shape index (κ2) is 14.1. The Morgan fingerprint density at radius 2 is 2.00 bits per heavy atom. The molecule has 0 bridgehead atoms. The molecule has 2 heterocycles. The van der Waals surface area contributed by atoms with Gasteiger partial charge in [-0.15, -0.1) is 0 Å². The van der Waals surface area contributed by atoms with E-state index in [4.69, 9.17) is 9.90 Å². The molecule has 0 aromatic carbocycles. The van der Waals surface area contributed by atoms with Crippen LogP contribution in [0.5, 0.6) is 0 Å². The van der Waals surface area contributed by atoms with Crippen LogP contribution in [0.3, 0.4) is 0 Å². The Labute approximate surface area is 189 Å². The van der Waals surface area contributed by atoms with Crippen molar-refractivity contribution in [3.63, 3.8) is 0 Å². The molecule has 32 heavy (non-hydrogen) atoms. The molecular formula is C22H35N5O5. The van der Waals surface area contributed by atoms with Crippen molar-refractivity contribution in [3.05, 3.63) is 30.1 Å². The fraction of sp³-hybridized carbons (Fsp3) is 0.591. The minimum Gasteiger partial charge on any atom is -0.483 e. The van der Waals surface area contributed by atoms with Crippen LogP contribution in [-0.4, -0.2) is 70.9 Å². The predicted octanol–water partition coefficient (Wildman–Crippen LogP) is 0.528. The summed E-state index contributed by atoms with van der Waals surface area (Å²) in [6, 6.07) is 3.97. The Hall–Kier alpha value is -3.01. The largest absolute Gasteiger partial charge is 0.483 e. The summed E-state index contributed by atoms with van der Waals surface area (Å²) in [6.07, 6.45) is 3.81. The topological polar surface area (TPSA) is 141 Å². The van der Waals surface area contributed by atoms with Crippen LogP contribution in [0.1, 0.15) is 45.7 Å². The molecule has 0 spiro atoms. The molecule has 10 heteroatoms. The van der Waals surface area contributed by atoms with Gasteiger partial charge in [0.15, 0.2) is 0 Å². The second-order valence-electron chi connectivity index (χ2n) is 7.72. The summed E-state index contributed by atoms with van der Waals surface area (Å²) in [6.45, 7) is 6.27. The average Bonchev–Trinajstić information content (AvgIpc) is 3.30. The Morgan fingerprint density at radius 3 is 2.56 bits per heavy atom. The molecule has 4 atom stereocenters. The highest BCUT2D eigenvalue weighted by molar-refractivity contribution is 5.93. The van der Waals surface area contributed by atoms with Crippen molar-refractivity contribution in [2.24, 2.45) is 5.92 Å². The van der Waals surface area contributed by atoms with Gasteiger partial charge in [0.25, 0.3) is 6.47 Å². The first-order chi connectivity index (χ1) is 15.3. The SMILES string of the molecule is CC[C@H](C)[C@H](NC(=O)[C@H](C)NC)C(=O)N1CCC[C@H]1C(=O)NCc1ccccn1.O=CO. The summed E-state index contributed by atoms with van der Waals surface area (Å²) in [7, 11) is 1.70. The van der Waals surface area contributed by atoms with Crippen LogP contribution in [0, 0.1) is 5.92 Å². The van der Waals surface area contributed by atoms with E-state index >= 15 is 0 Å². The smallest absolute Gasteiger partial charge is 0.290 e. The number of hydrogen-bond donors (Lipinski definition) is 4. The molecule has 1 fully saturated rings. The maximum absolute atomic E-state index is 13.3. The highest BCUT2D eigenvalue weighted by Gasteiger charge is 2.39. The highest BCUT2D eigenvalue weighted by atomic mass is 16.3. The van der Waals surface area contributed by atoms with Crippen molar-refractivity contribution in [3.8, 4) is 0 Å². The fourth-order valence-corrected chi connectivity index (χ4v) is 3.37. The quantitative estimate of drug-likeness (QED) is 0.403. The van der Waals surface area contributed by atoms with Crippen LogP contribution < -0.4 is 16.0 Å². The zero-order chi connectivity index (χ0) is 24.1. The van der Waals surface area contributed by atoms with Crippen molar-refractivity contribution < 1.29 is 24.3 Å². The molecule has 178 valence electrons. The lowest BCUT2D eigenvalue weighted by Crippen LogP contribution is -2.57. The average molecular weight is 450 g/mol. The highest BCUT2D eigenvalue weighted by Crippen LogP contribution is 2.21. The number of carbonyl (C=O) groups excluding carboxylic acids is 3. The van der Waals surface area contributed by atoms with E-state index in [1.54, 1.807) is 25.1 Å². The molecule has 0 saturated carbocycles. The van der Waals surface area contributed by atoms with Crippen LogP contribution in [0.4, 0.5) is 0 Å². The molecule has 4 N–H and O–H groups in total. The van der Waals surface area contributed by atoms with E-state index in [9.17, 15) is 14.4 Å². The van der Waals surface area contributed by atoms with E-state index in [1.807, 2.05) is 32.0 Å². The van der Waals surface area contributed by atoms with E-state index < -0.39 is 18.1 Å². The first kappa shape index (κ1) is 27.0. The number of pyridine rings is 1. The summed E-state index contributed by atoms with van der Waals surface area (Å²) < 4.78 is 0. The van der Waals surface area contributed by atoms with E-state index in [0.29, 0.717) is 19.5 Å². The minimum atomic E-state index is -0.646. The summed E-state index contributed by atoms with van der Waals surface area (Å²) in [5.41, 5.74) is 0.766. The summed E-state index contributed by atoms with van der Waals surface area (Å²) in [4.78, 5) is 52.6. The van der Waals surface area contributed by atoms with E-state index in [0.717, 1.165) is 18.5 Å². The molecule has 3 amide bonds. The summed E-state index contributed by atoms with van der Waals surface area (Å²) in [5, 5.41) is 15.5. The van der Waals surface area contributed by atoms with Gasteiger partial charge in [-0.25, -0.2) is 0 Å². The van der Waals surface area contributed by atoms with Gasteiger partial charge in [0.05, 0.1) is 18.3 Å². The predicted molar refractivity (Wildman–Crippen MR) is 119 cm³/mol. The molecule has 1 saturated heterocycles. The number of carboxylic acid groups (broad SMARTS) is 1. The Morgan fingerprint density at radius 1 is 1.31 bits per heavy atom. The Kier molecular flexibility index (Phi) is 11.9. The number of carbonyl (C=O) groups is 4. The molecule has 0 unspecified atom stereocenters. The van der Waals surface area contributed by atoms with Crippen molar-refractivity contribution in [2.45, 2.75) is 64.7 Å². The van der Waals surface area contributed by atoms with Gasteiger partial charge in [-0.3, -0.25) is 24.2 Å². The number of aromatic nitrogens is 1. The number of likely N-dealkylation sites (tertiary alicyclic amines) is 1. The number of amides is 3. The van der Waals surface area contributed by atoms with Gasteiger partial charge in [-0.1, -0.05) is 26.3 Å². The molecular weight excluding hydrogens is 414 g/mol. The maximum Gasteiger partial charge on any atom is 0.290 e. The second-order valence-corrected chi connectivity index (χ2v) is 7.72. The van der Waals surface area contributed by atoms with E-state index in [2.05, 4.69) is 20.9 Å². The number of nitrogens with one attached hydrogen (secondary N) is 3. The molecule has 1 aromatic heterocycles. The van der Waals surface area contributed by atoms with Crippen molar-refractivity contribution in [2.75, 3.05) is 13.6 Å². The Balaban J connectivity index is 0.00000161. The lowest BCUT2D eigenvalue weighted by molar-refractivity contribution is -0.142. The van der Waals surface area contributed by atoms with Crippen molar-refractivity contribution >= 4 is 24.2 Å². The molecule has 2 rings (SSSR count). The first-order valence-corrected chi connectivity index (χ1v) is 10.8. The van der Waals surface area contributed by atoms with Crippen LogP contribution in [0.25, 0.3) is 0 Å². The van der Waals surface area contributed by atoms with Gasteiger partial charge < -0.3 is 26.0 Å². The number of hydrogen-bond acceptors (Lipinski definition) is 6. The molecule has 1 aliphatic heterocycles. The Bertz CT molecular complexity index is 745. The van der Waals surface area contributed by atoms with Gasteiger partial charge in [-0.2, -0.15) is 0 Å². The third-order valence-corrected chi connectivity index (χ3v) is 5.61. The normalized spacial score (nSPS) is 17.9. The zero-order valence-electron chi connectivity index (χ0n) is 19.2. The maximum atomic E-state index is 13.3. The number of nitrogens with zero attached hydrogens (tertiary/aromatic N) is 2. The number of likely N-dealkylation sites (N-methyl/N-ethyl adjacent to an activating group) is 1. The standard InChI is InChI=1S/C21H33N5O3.CH2O2/c1-5-14(2)18(25-19(27)15(3)22-4)21(29)26-12-8-10-17(26)20(28)24-13-16-9-6-7-11-23-16;2-1-3/h6-7,9,11,14-15,17-18,22H,5,8,10,12-13H2,1-4H3,(H,24,28)(H,25,27);1H,(H,2,3)/t14-,15-,17-,18-;/m0./s1. The van der Waals surface area contributed by atoms with Crippen LogP contribution in [0.2, 0.25) is 0 Å². The van der Waals surface area contributed by atoms with Crippen molar-refractivity contribution in [1.29, 1.82) is 0 Å². The lowest BCUT2D eigenvalue weighted by atomic mass is 9.97. The van der Waals surface area contributed by atoms with Gasteiger partial charge in [0, 0.05) is 12.7 Å². The van der Waals surface area contributed by atoms with Crippen LogP contribution in [-0.2, 0) is 25.7 Å². The molecule has 0 aliphatic carbocycles. The summed E-state index contributed by atoms with van der Waals surface area (Å²) >= 11 is 0. The van der Waals surface area contributed by atoms with Crippen LogP contribution >= 0.6 is 0 Å². The lowest BCUT2D eigenvalue weighted by Gasteiger charge is -2.32. The zero-order valence-corrected chi connectivity index (χ0v) is 19.2. The molecule has 1 aromatic rings. The van der Waals surface area contributed by atoms with Crippen LogP contribution in [0.15, 0.2) is 24.4 Å². The third-order valence-electron chi connectivity index (χ3n) is 5.61. The molecule has 1 aliphatic rings. The minimum absolute atomic E-state index is 0.0339. The van der Waals surface area contributed by atoms with Gasteiger partial charge in [0.1, 0.15) is 12.1 Å². The molecule has 10 nitrogen and oxygen atoms in total. The molecule has 0 radical (unpaired) electrons. The third kappa shape index (κ3) is 7.92. The summed E-state index contributed by atoms with van der Waals surface area (Å²) in [5.74, 6) is -0.624. The van der Waals surface area contributed by atoms with E-state index in [1.165, 1.54) is 0 Å². The number of rotatable bonds is 9. The van der Waals surface area contributed by atoms with E-state index in [-0.39, 0.29) is 30.1 Å². The van der Waals surface area contributed by atoms with Crippen molar-refractivity contribution in [1.82, 2.24) is 25.8 Å². The first-order valence-electron chi connectivity index (χ1n) is 10.8. The monoisotopic (exact) mass is 449 g/mol.